The van der Waals surface area contributed by atoms with E-state index >= 15 is 0 Å². The van der Waals surface area contributed by atoms with E-state index < -0.39 is 0 Å². The normalized spacial score (nSPS) is 16.2. The third-order valence-corrected chi connectivity index (χ3v) is 4.88. The Morgan fingerprint density at radius 2 is 2.00 bits per heavy atom. The topological polar surface area (TPSA) is 29.9 Å². The van der Waals surface area contributed by atoms with Crippen LogP contribution in [0.25, 0.3) is 0 Å². The van der Waals surface area contributed by atoms with E-state index in [1.807, 2.05) is 38.4 Å². The molecule has 0 amide bonds. The number of nitrogens with one attached hydrogen (secondary N) is 1. The van der Waals surface area contributed by atoms with Crippen LogP contribution in [-0.4, -0.2) is 9.55 Å². The highest BCUT2D eigenvalue weighted by Crippen LogP contribution is 2.45. The minimum absolute atomic E-state index is 0.210. The number of aromatic nitrogens is 2. The average Bonchev–Trinajstić information content (AvgIpc) is 3.23. The molecule has 1 fully saturated rings. The summed E-state index contributed by atoms with van der Waals surface area (Å²) in [6.07, 6.45) is 4.37. The van der Waals surface area contributed by atoms with Crippen molar-refractivity contribution in [2.45, 2.75) is 32.4 Å². The van der Waals surface area contributed by atoms with Gasteiger partial charge in [-0.05, 0) is 37.8 Å². The summed E-state index contributed by atoms with van der Waals surface area (Å²) in [4.78, 5) is 4.33. The van der Waals surface area contributed by atoms with Crippen LogP contribution in [0, 0.1) is 12.8 Å². The number of hydrogen-bond donors (Lipinski definition) is 1. The van der Waals surface area contributed by atoms with Crippen LogP contribution in [0.2, 0.25) is 10.0 Å². The molecule has 0 aliphatic heterocycles. The number of hydrogen-bond acceptors (Lipinski definition) is 2. The molecule has 1 atom stereocenters. The van der Waals surface area contributed by atoms with E-state index in [0.717, 1.165) is 28.0 Å². The van der Waals surface area contributed by atoms with Gasteiger partial charge in [-0.1, -0.05) is 29.3 Å². The lowest BCUT2D eigenvalue weighted by Gasteiger charge is -2.21. The molecule has 0 bridgehead atoms. The van der Waals surface area contributed by atoms with E-state index in [1.165, 1.54) is 18.5 Å². The number of benzene rings is 1. The van der Waals surface area contributed by atoms with Crippen LogP contribution in [0.15, 0.2) is 24.4 Å². The molecule has 1 aromatic heterocycles. The van der Waals surface area contributed by atoms with Crippen LogP contribution in [0.4, 0.5) is 0 Å². The molecule has 1 N–H and O–H groups in total. The Morgan fingerprint density at radius 3 is 2.52 bits per heavy atom. The molecular formula is C16H19Cl2N3. The molecule has 3 rings (SSSR count). The zero-order valence-corrected chi connectivity index (χ0v) is 13.7. The fraction of sp³-hybridized carbons (Fsp3) is 0.438. The van der Waals surface area contributed by atoms with Gasteiger partial charge in [0, 0.05) is 41.4 Å². The smallest absolute Gasteiger partial charge is 0.105 e. The Labute approximate surface area is 135 Å². The molecule has 0 radical (unpaired) electrons. The maximum absolute atomic E-state index is 6.37. The summed E-state index contributed by atoms with van der Waals surface area (Å²) < 4.78 is 2.10. The van der Waals surface area contributed by atoms with Gasteiger partial charge in [-0.15, -0.1) is 0 Å². The molecule has 2 aromatic rings. The number of halogens is 2. The molecule has 1 heterocycles. The first-order valence-corrected chi connectivity index (χ1v) is 7.98. The third-order valence-electron chi connectivity index (χ3n) is 4.22. The van der Waals surface area contributed by atoms with Crippen LogP contribution in [-0.2, 0) is 13.6 Å². The molecule has 3 nitrogen and oxygen atoms in total. The van der Waals surface area contributed by atoms with Gasteiger partial charge in [0.05, 0.1) is 5.69 Å². The predicted molar refractivity (Wildman–Crippen MR) is 86.7 cm³/mol. The number of rotatable bonds is 5. The fourth-order valence-electron chi connectivity index (χ4n) is 2.67. The second kappa shape index (κ2) is 5.99. The maximum atomic E-state index is 6.37. The first-order chi connectivity index (χ1) is 10.1. The van der Waals surface area contributed by atoms with Crippen LogP contribution in [0.3, 0.4) is 0 Å². The van der Waals surface area contributed by atoms with E-state index in [1.54, 1.807) is 0 Å². The predicted octanol–water partition coefficient (Wildman–Crippen LogP) is 4.28. The molecular weight excluding hydrogens is 305 g/mol. The highest BCUT2D eigenvalue weighted by molar-refractivity contribution is 6.36. The standard InChI is InChI=1S/C16H19Cl2N3/c1-10-19-8-12(21(10)2)9-20-16(11-6-7-11)15-13(17)4-3-5-14(15)18/h3-5,8,11,16,20H,6-7,9H2,1-2H3. The number of imidazole rings is 1. The Morgan fingerprint density at radius 1 is 1.33 bits per heavy atom. The van der Waals surface area contributed by atoms with Gasteiger partial charge in [-0.2, -0.15) is 0 Å². The van der Waals surface area contributed by atoms with Crippen LogP contribution >= 0.6 is 23.2 Å². The molecule has 112 valence electrons. The van der Waals surface area contributed by atoms with Crippen molar-refractivity contribution in [3.8, 4) is 0 Å². The highest BCUT2D eigenvalue weighted by atomic mass is 35.5. The minimum atomic E-state index is 0.210. The number of aryl methyl sites for hydroxylation is 1. The van der Waals surface area contributed by atoms with Crippen molar-refractivity contribution < 1.29 is 0 Å². The molecule has 5 heteroatoms. The molecule has 1 unspecified atom stereocenters. The van der Waals surface area contributed by atoms with Crippen molar-refractivity contribution >= 4 is 23.2 Å². The summed E-state index contributed by atoms with van der Waals surface area (Å²) in [6.45, 7) is 2.77. The van der Waals surface area contributed by atoms with E-state index in [2.05, 4.69) is 14.9 Å². The summed E-state index contributed by atoms with van der Waals surface area (Å²) in [5, 5.41) is 5.11. The second-order valence-corrected chi connectivity index (χ2v) is 6.50. The minimum Gasteiger partial charge on any atom is -0.334 e. The third kappa shape index (κ3) is 3.10. The van der Waals surface area contributed by atoms with Gasteiger partial charge in [0.1, 0.15) is 5.82 Å². The maximum Gasteiger partial charge on any atom is 0.105 e. The largest absolute Gasteiger partial charge is 0.334 e. The summed E-state index contributed by atoms with van der Waals surface area (Å²) in [5.41, 5.74) is 2.20. The van der Waals surface area contributed by atoms with Crippen molar-refractivity contribution in [2.24, 2.45) is 13.0 Å². The average molecular weight is 324 g/mol. The second-order valence-electron chi connectivity index (χ2n) is 5.69. The first-order valence-electron chi connectivity index (χ1n) is 7.22. The monoisotopic (exact) mass is 323 g/mol. The van der Waals surface area contributed by atoms with Crippen molar-refractivity contribution in [1.29, 1.82) is 0 Å². The SMILES string of the molecule is Cc1ncc(CNC(c2c(Cl)cccc2Cl)C2CC2)n1C. The van der Waals surface area contributed by atoms with Crippen molar-refractivity contribution in [3.63, 3.8) is 0 Å². The molecule has 1 aliphatic rings. The van der Waals surface area contributed by atoms with Gasteiger partial charge in [-0.25, -0.2) is 4.98 Å². The van der Waals surface area contributed by atoms with Crippen LogP contribution in [0.1, 0.15) is 36.0 Å². The van der Waals surface area contributed by atoms with Gasteiger partial charge in [0.2, 0.25) is 0 Å². The zero-order valence-electron chi connectivity index (χ0n) is 12.2. The first kappa shape index (κ1) is 14.9. The molecule has 1 aliphatic carbocycles. The Kier molecular flexibility index (Phi) is 4.25. The molecule has 1 saturated carbocycles. The van der Waals surface area contributed by atoms with Gasteiger partial charge in [0.25, 0.3) is 0 Å². The highest BCUT2D eigenvalue weighted by Gasteiger charge is 2.34. The van der Waals surface area contributed by atoms with Gasteiger partial charge >= 0.3 is 0 Å². The van der Waals surface area contributed by atoms with Crippen LogP contribution in [0.5, 0.6) is 0 Å². The van der Waals surface area contributed by atoms with Crippen LogP contribution < -0.4 is 5.32 Å². The lowest BCUT2D eigenvalue weighted by molar-refractivity contribution is 0.472. The summed E-state index contributed by atoms with van der Waals surface area (Å²) in [7, 11) is 2.04. The van der Waals surface area contributed by atoms with Crippen molar-refractivity contribution in [2.75, 3.05) is 0 Å². The van der Waals surface area contributed by atoms with Crippen molar-refractivity contribution in [3.05, 3.63) is 51.5 Å². The number of nitrogens with zero attached hydrogens (tertiary/aromatic N) is 2. The van der Waals surface area contributed by atoms with E-state index in [4.69, 9.17) is 23.2 Å². The van der Waals surface area contributed by atoms with Gasteiger partial charge in [0.15, 0.2) is 0 Å². The Hall–Kier alpha value is -1.03. The zero-order chi connectivity index (χ0) is 15.0. The summed E-state index contributed by atoms with van der Waals surface area (Å²) >= 11 is 12.7. The van der Waals surface area contributed by atoms with E-state index in [-0.39, 0.29) is 6.04 Å². The lowest BCUT2D eigenvalue weighted by atomic mass is 10.0. The molecule has 21 heavy (non-hydrogen) atoms. The fourth-order valence-corrected chi connectivity index (χ4v) is 3.30. The quantitative estimate of drug-likeness (QED) is 0.890. The van der Waals surface area contributed by atoms with Crippen molar-refractivity contribution in [1.82, 2.24) is 14.9 Å². The van der Waals surface area contributed by atoms with Gasteiger partial charge in [-0.3, -0.25) is 0 Å². The van der Waals surface area contributed by atoms with Gasteiger partial charge < -0.3 is 9.88 Å². The summed E-state index contributed by atoms with van der Waals surface area (Å²) in [6, 6.07) is 5.92. The Balaban J connectivity index is 1.81. The molecule has 0 saturated heterocycles. The molecule has 0 spiro atoms. The lowest BCUT2D eigenvalue weighted by Crippen LogP contribution is -2.24. The summed E-state index contributed by atoms with van der Waals surface area (Å²) in [5.74, 6) is 1.64. The molecule has 1 aromatic carbocycles. The van der Waals surface area contributed by atoms with E-state index in [9.17, 15) is 0 Å². The Bertz CT molecular complexity index is 627. The van der Waals surface area contributed by atoms with E-state index in [0.29, 0.717) is 5.92 Å².